The largest absolute Gasteiger partial charge is 0.480 e. The van der Waals surface area contributed by atoms with Crippen molar-refractivity contribution in [2.45, 2.75) is 19.5 Å². The van der Waals surface area contributed by atoms with Gasteiger partial charge in [-0.15, -0.1) is 0 Å². The molecule has 2 heterocycles. The fourth-order valence-corrected chi connectivity index (χ4v) is 2.09. The summed E-state index contributed by atoms with van der Waals surface area (Å²) in [5.74, 6) is -0.644. The molecule has 2 rings (SSSR count). The molecule has 7 nitrogen and oxygen atoms in total. The van der Waals surface area contributed by atoms with Gasteiger partial charge >= 0.3 is 5.97 Å². The Morgan fingerprint density at radius 1 is 1.52 bits per heavy atom. The first kappa shape index (κ1) is 15.0. The van der Waals surface area contributed by atoms with Crippen molar-refractivity contribution in [2.24, 2.45) is 0 Å². The van der Waals surface area contributed by atoms with Crippen LogP contribution in [0.15, 0.2) is 35.2 Å². The van der Waals surface area contributed by atoms with E-state index in [4.69, 9.17) is 9.26 Å². The maximum absolute atomic E-state index is 11.7. The molecule has 0 aliphatic rings. The van der Waals surface area contributed by atoms with E-state index in [1.165, 1.54) is 6.26 Å². The van der Waals surface area contributed by atoms with E-state index in [-0.39, 0.29) is 0 Å². The highest BCUT2D eigenvalue weighted by molar-refractivity contribution is 5.76. The van der Waals surface area contributed by atoms with E-state index >= 15 is 0 Å². The van der Waals surface area contributed by atoms with Gasteiger partial charge in [0.15, 0.2) is 0 Å². The highest BCUT2D eigenvalue weighted by Crippen LogP contribution is 2.28. The van der Waals surface area contributed by atoms with Crippen LogP contribution in [0.25, 0.3) is 0 Å². The lowest BCUT2D eigenvalue weighted by atomic mass is 10.1. The number of rotatable bonds is 7. The molecule has 0 fully saturated rings. The van der Waals surface area contributed by atoms with Crippen LogP contribution in [-0.2, 0) is 11.3 Å². The Balaban J connectivity index is 2.28. The summed E-state index contributed by atoms with van der Waals surface area (Å²) >= 11 is 0. The van der Waals surface area contributed by atoms with Crippen LogP contribution in [0.1, 0.15) is 24.2 Å². The van der Waals surface area contributed by atoms with Crippen molar-refractivity contribution < 1.29 is 19.2 Å². The molecule has 0 unspecified atom stereocenters. The Bertz CT molecular complexity index is 586. The number of carboxylic acid groups (broad SMARTS) is 1. The van der Waals surface area contributed by atoms with E-state index in [0.717, 1.165) is 0 Å². The number of carbonyl (C=O) groups is 1. The van der Waals surface area contributed by atoms with Crippen molar-refractivity contribution in [2.75, 3.05) is 13.7 Å². The van der Waals surface area contributed by atoms with Gasteiger partial charge in [-0.25, -0.2) is 4.98 Å². The standard InChI is InChI=1S/C14H17N3O4/c1-3-20-13-11(5-4-7-15-13)12(14(18)19)17(2)9-10-6-8-21-16-10/h4-8,12H,3,9H2,1-2H3,(H,18,19)/t12-/m0/s1. The number of nitrogens with zero attached hydrogens (tertiary/aromatic N) is 3. The van der Waals surface area contributed by atoms with Gasteiger partial charge in [0.25, 0.3) is 0 Å². The second-order valence-corrected chi connectivity index (χ2v) is 4.48. The highest BCUT2D eigenvalue weighted by atomic mass is 16.5. The summed E-state index contributed by atoms with van der Waals surface area (Å²) in [6, 6.07) is 4.22. The summed E-state index contributed by atoms with van der Waals surface area (Å²) in [4.78, 5) is 17.4. The zero-order valence-corrected chi connectivity index (χ0v) is 11.9. The Labute approximate surface area is 122 Å². The lowest BCUT2D eigenvalue weighted by Crippen LogP contribution is -2.31. The number of likely N-dealkylation sites (N-methyl/N-ethyl adjacent to an activating group) is 1. The first-order chi connectivity index (χ1) is 10.1. The van der Waals surface area contributed by atoms with E-state index < -0.39 is 12.0 Å². The summed E-state index contributed by atoms with van der Waals surface area (Å²) in [6.07, 6.45) is 3.03. The van der Waals surface area contributed by atoms with Gasteiger partial charge in [0, 0.05) is 24.4 Å². The Morgan fingerprint density at radius 2 is 2.33 bits per heavy atom. The molecule has 7 heteroatoms. The summed E-state index contributed by atoms with van der Waals surface area (Å²) < 4.78 is 10.2. The molecule has 1 atom stereocenters. The third-order valence-electron chi connectivity index (χ3n) is 2.95. The number of hydrogen-bond acceptors (Lipinski definition) is 6. The second kappa shape index (κ2) is 6.85. The van der Waals surface area contributed by atoms with Crippen molar-refractivity contribution in [1.82, 2.24) is 15.0 Å². The van der Waals surface area contributed by atoms with Crippen LogP contribution < -0.4 is 4.74 Å². The van der Waals surface area contributed by atoms with Gasteiger partial charge in [0.2, 0.25) is 5.88 Å². The summed E-state index contributed by atoms with van der Waals surface area (Å²) in [5.41, 5.74) is 1.17. The topological polar surface area (TPSA) is 88.7 Å². The SMILES string of the molecule is CCOc1ncccc1[C@@H](C(=O)O)N(C)Cc1ccon1. The first-order valence-corrected chi connectivity index (χ1v) is 6.53. The molecule has 0 saturated carbocycles. The lowest BCUT2D eigenvalue weighted by molar-refractivity contribution is -0.143. The zero-order chi connectivity index (χ0) is 15.2. The molecule has 0 aliphatic heterocycles. The smallest absolute Gasteiger partial charge is 0.325 e. The minimum absolute atomic E-state index is 0.333. The summed E-state index contributed by atoms with van der Waals surface area (Å²) in [5, 5.41) is 13.3. The van der Waals surface area contributed by atoms with Gasteiger partial charge in [-0.2, -0.15) is 0 Å². The number of hydrogen-bond donors (Lipinski definition) is 1. The first-order valence-electron chi connectivity index (χ1n) is 6.53. The molecule has 1 N–H and O–H groups in total. The van der Waals surface area contributed by atoms with Crippen molar-refractivity contribution >= 4 is 5.97 Å². The fourth-order valence-electron chi connectivity index (χ4n) is 2.09. The summed E-state index contributed by atoms with van der Waals surface area (Å²) in [6.45, 7) is 2.59. The normalized spacial score (nSPS) is 12.3. The monoisotopic (exact) mass is 291 g/mol. The van der Waals surface area contributed by atoms with E-state index in [0.29, 0.717) is 30.3 Å². The third-order valence-corrected chi connectivity index (χ3v) is 2.95. The predicted molar refractivity (Wildman–Crippen MR) is 73.8 cm³/mol. The van der Waals surface area contributed by atoms with Gasteiger partial charge in [0.05, 0.1) is 12.3 Å². The molecular formula is C14H17N3O4. The van der Waals surface area contributed by atoms with Crippen LogP contribution in [0.4, 0.5) is 0 Å². The third kappa shape index (κ3) is 3.57. The average molecular weight is 291 g/mol. The molecule has 2 aromatic heterocycles. The van der Waals surface area contributed by atoms with Crippen LogP contribution in [0.2, 0.25) is 0 Å². The molecular weight excluding hydrogens is 274 g/mol. The number of pyridine rings is 1. The number of carboxylic acids is 1. The average Bonchev–Trinajstić information content (AvgIpc) is 2.93. The van der Waals surface area contributed by atoms with E-state index in [2.05, 4.69) is 10.1 Å². The predicted octanol–water partition coefficient (Wildman–Crippen LogP) is 1.73. The quantitative estimate of drug-likeness (QED) is 0.830. The van der Waals surface area contributed by atoms with Crippen LogP contribution in [0.5, 0.6) is 5.88 Å². The molecule has 0 saturated heterocycles. The van der Waals surface area contributed by atoms with Gasteiger partial charge in [-0.1, -0.05) is 5.16 Å². The maximum atomic E-state index is 11.7. The molecule has 0 aliphatic carbocycles. The molecule has 2 aromatic rings. The second-order valence-electron chi connectivity index (χ2n) is 4.48. The molecule has 112 valence electrons. The van der Waals surface area contributed by atoms with Gasteiger partial charge in [-0.3, -0.25) is 9.69 Å². The van der Waals surface area contributed by atoms with Gasteiger partial charge in [0.1, 0.15) is 12.3 Å². The number of aliphatic carboxylic acids is 1. The number of ether oxygens (including phenoxy) is 1. The summed E-state index contributed by atoms with van der Waals surface area (Å²) in [7, 11) is 1.70. The molecule has 0 aromatic carbocycles. The van der Waals surface area contributed by atoms with E-state index in [1.54, 1.807) is 36.3 Å². The molecule has 0 amide bonds. The fraction of sp³-hybridized carbons (Fsp3) is 0.357. The molecule has 0 radical (unpaired) electrons. The number of aromatic nitrogens is 2. The van der Waals surface area contributed by atoms with Crippen molar-refractivity contribution in [1.29, 1.82) is 0 Å². The maximum Gasteiger partial charge on any atom is 0.325 e. The van der Waals surface area contributed by atoms with Crippen LogP contribution >= 0.6 is 0 Å². The van der Waals surface area contributed by atoms with Gasteiger partial charge in [-0.05, 0) is 26.1 Å². The molecule has 0 bridgehead atoms. The Kier molecular flexibility index (Phi) is 4.89. The van der Waals surface area contributed by atoms with Gasteiger partial charge < -0.3 is 14.4 Å². The van der Waals surface area contributed by atoms with E-state index in [9.17, 15) is 9.90 Å². The lowest BCUT2D eigenvalue weighted by Gasteiger charge is -2.25. The minimum atomic E-state index is -0.977. The van der Waals surface area contributed by atoms with Crippen LogP contribution in [0, 0.1) is 0 Å². The van der Waals surface area contributed by atoms with Crippen LogP contribution in [0.3, 0.4) is 0 Å². The van der Waals surface area contributed by atoms with Crippen LogP contribution in [-0.4, -0.2) is 39.8 Å². The van der Waals surface area contributed by atoms with E-state index in [1.807, 2.05) is 6.92 Å². The Morgan fingerprint density at radius 3 is 2.95 bits per heavy atom. The molecule has 0 spiro atoms. The highest BCUT2D eigenvalue weighted by Gasteiger charge is 2.28. The minimum Gasteiger partial charge on any atom is -0.480 e. The van der Waals surface area contributed by atoms with Crippen molar-refractivity contribution in [3.63, 3.8) is 0 Å². The Hall–Kier alpha value is -2.41. The molecule has 21 heavy (non-hydrogen) atoms. The van der Waals surface area contributed by atoms with Crippen molar-refractivity contribution in [3.05, 3.63) is 41.9 Å². The zero-order valence-electron chi connectivity index (χ0n) is 11.9. The van der Waals surface area contributed by atoms with Crippen molar-refractivity contribution in [3.8, 4) is 5.88 Å².